The van der Waals surface area contributed by atoms with E-state index in [4.69, 9.17) is 4.74 Å². The maximum atomic E-state index is 12.4. The monoisotopic (exact) mass is 363 g/mol. The highest BCUT2D eigenvalue weighted by molar-refractivity contribution is 6.08. The third kappa shape index (κ3) is 4.56. The number of carbonyl (C=O) groups is 2. The first-order valence-corrected chi connectivity index (χ1v) is 7.97. The van der Waals surface area contributed by atoms with Crippen LogP contribution in [0.15, 0.2) is 30.3 Å². The molecule has 5 nitrogen and oxygen atoms in total. The van der Waals surface area contributed by atoms with Crippen LogP contribution in [0.2, 0.25) is 0 Å². The molecule has 0 bridgehead atoms. The van der Waals surface area contributed by atoms with Crippen molar-refractivity contribution in [1.82, 2.24) is 4.98 Å². The Balaban J connectivity index is 2.16. The minimum Gasteiger partial charge on any atom is -0.462 e. The van der Waals surface area contributed by atoms with Gasteiger partial charge < -0.3 is 14.5 Å². The van der Waals surface area contributed by atoms with Crippen LogP contribution < -0.4 is 4.74 Å². The summed E-state index contributed by atoms with van der Waals surface area (Å²) in [5, 5.41) is 0. The van der Waals surface area contributed by atoms with E-state index < -0.39 is 12.6 Å². The lowest BCUT2D eigenvalue weighted by Gasteiger charge is -2.03. The van der Waals surface area contributed by atoms with Crippen molar-refractivity contribution in [2.24, 2.45) is 0 Å². The predicted octanol–water partition coefficient (Wildman–Crippen LogP) is 4.31. The number of allylic oxidation sites excluding steroid dienone is 1. The lowest BCUT2D eigenvalue weighted by atomic mass is 10.1. The van der Waals surface area contributed by atoms with Gasteiger partial charge in [-0.05, 0) is 50.1 Å². The molecule has 1 aromatic heterocycles. The summed E-state index contributed by atoms with van der Waals surface area (Å²) in [7, 11) is 0. The quantitative estimate of drug-likeness (QED) is 0.452. The van der Waals surface area contributed by atoms with Gasteiger partial charge in [-0.1, -0.05) is 18.2 Å². The maximum Gasteiger partial charge on any atom is 0.387 e. The summed E-state index contributed by atoms with van der Waals surface area (Å²) in [5.74, 6) is -0.746. The number of hydrogen-bond acceptors (Lipinski definition) is 4. The largest absolute Gasteiger partial charge is 0.462 e. The molecule has 1 heterocycles. The van der Waals surface area contributed by atoms with Crippen LogP contribution in [0, 0.1) is 13.8 Å². The molecule has 0 amide bonds. The Labute approximate surface area is 149 Å². The van der Waals surface area contributed by atoms with Gasteiger partial charge in [0.25, 0.3) is 0 Å². The summed E-state index contributed by atoms with van der Waals surface area (Å²) in [4.78, 5) is 27.3. The minimum atomic E-state index is -2.88. The average Bonchev–Trinajstić information content (AvgIpc) is 2.88. The van der Waals surface area contributed by atoms with E-state index in [2.05, 4.69) is 9.72 Å². The van der Waals surface area contributed by atoms with Crippen molar-refractivity contribution in [3.8, 4) is 5.75 Å². The molecule has 1 N–H and O–H groups in total. The van der Waals surface area contributed by atoms with Gasteiger partial charge in [0.2, 0.25) is 5.78 Å². The van der Waals surface area contributed by atoms with Crippen LogP contribution in [0.4, 0.5) is 8.78 Å². The normalized spacial score (nSPS) is 11.2. The highest BCUT2D eigenvalue weighted by Crippen LogP contribution is 2.20. The Morgan fingerprint density at radius 2 is 1.85 bits per heavy atom. The number of esters is 1. The van der Waals surface area contributed by atoms with E-state index in [0.717, 1.165) is 0 Å². The van der Waals surface area contributed by atoms with Gasteiger partial charge in [-0.25, -0.2) is 4.79 Å². The minimum absolute atomic E-state index is 0.0402. The molecule has 0 spiro atoms. The molecule has 138 valence electrons. The zero-order valence-electron chi connectivity index (χ0n) is 14.6. The number of H-pyrrole nitrogens is 1. The molecule has 7 heteroatoms. The van der Waals surface area contributed by atoms with Crippen molar-refractivity contribution in [2.45, 2.75) is 27.4 Å². The number of carbonyl (C=O) groups excluding carboxylic acids is 2. The number of rotatable bonds is 7. The number of halogens is 2. The van der Waals surface area contributed by atoms with Gasteiger partial charge in [-0.2, -0.15) is 8.78 Å². The molecule has 0 aliphatic carbocycles. The van der Waals surface area contributed by atoms with Crippen LogP contribution in [0.5, 0.6) is 5.75 Å². The van der Waals surface area contributed by atoms with Crippen LogP contribution in [0.25, 0.3) is 6.08 Å². The third-order valence-electron chi connectivity index (χ3n) is 3.70. The smallest absolute Gasteiger partial charge is 0.387 e. The standard InChI is InChI=1S/C19H19F2NO4/c1-4-25-18(24)16-11(2)17(22-12(16)3)15(23)10-7-13-5-8-14(9-6-13)26-19(20)21/h5-10,19,22H,4H2,1-3H3/b10-7+. The maximum absolute atomic E-state index is 12.4. The Kier molecular flexibility index (Phi) is 6.27. The fourth-order valence-electron chi connectivity index (χ4n) is 2.52. The molecule has 1 aromatic carbocycles. The van der Waals surface area contributed by atoms with Crippen molar-refractivity contribution in [3.63, 3.8) is 0 Å². The van der Waals surface area contributed by atoms with Crippen LogP contribution in [-0.2, 0) is 4.74 Å². The molecule has 0 saturated carbocycles. The summed E-state index contributed by atoms with van der Waals surface area (Å²) in [6.45, 7) is 2.44. The third-order valence-corrected chi connectivity index (χ3v) is 3.70. The summed E-state index contributed by atoms with van der Waals surface area (Å²) >= 11 is 0. The number of aromatic nitrogens is 1. The lowest BCUT2D eigenvalue weighted by molar-refractivity contribution is -0.0498. The molecule has 0 radical (unpaired) electrons. The Morgan fingerprint density at radius 1 is 1.19 bits per heavy atom. The Morgan fingerprint density at radius 3 is 2.42 bits per heavy atom. The number of ether oxygens (including phenoxy) is 2. The second-order valence-electron chi connectivity index (χ2n) is 5.49. The first-order valence-electron chi connectivity index (χ1n) is 7.97. The van der Waals surface area contributed by atoms with Crippen LogP contribution in [-0.4, -0.2) is 30.0 Å². The van der Waals surface area contributed by atoms with Crippen LogP contribution in [0.3, 0.4) is 0 Å². The van der Waals surface area contributed by atoms with Gasteiger partial charge in [0.05, 0.1) is 17.9 Å². The van der Waals surface area contributed by atoms with Crippen molar-refractivity contribution in [2.75, 3.05) is 6.61 Å². The van der Waals surface area contributed by atoms with Gasteiger partial charge in [0, 0.05) is 5.69 Å². The molecule has 26 heavy (non-hydrogen) atoms. The SMILES string of the molecule is CCOC(=O)c1c(C)[nH]c(C(=O)/C=C/c2ccc(OC(F)F)cc2)c1C. The zero-order valence-corrected chi connectivity index (χ0v) is 14.6. The second-order valence-corrected chi connectivity index (χ2v) is 5.49. The molecule has 0 aliphatic rings. The Bertz CT molecular complexity index is 823. The molecule has 0 aliphatic heterocycles. The highest BCUT2D eigenvalue weighted by Gasteiger charge is 2.21. The van der Waals surface area contributed by atoms with E-state index in [-0.39, 0.29) is 18.1 Å². The molecule has 0 atom stereocenters. The number of benzene rings is 1. The van der Waals surface area contributed by atoms with Crippen molar-refractivity contribution in [3.05, 3.63) is 58.4 Å². The molecule has 2 rings (SSSR count). The highest BCUT2D eigenvalue weighted by atomic mass is 19.3. The summed E-state index contributed by atoms with van der Waals surface area (Å²) in [6, 6.07) is 5.88. The van der Waals surface area contributed by atoms with Crippen LogP contribution in [0.1, 0.15) is 44.6 Å². The van der Waals surface area contributed by atoms with Gasteiger partial charge >= 0.3 is 12.6 Å². The fourth-order valence-corrected chi connectivity index (χ4v) is 2.52. The van der Waals surface area contributed by atoms with E-state index in [9.17, 15) is 18.4 Å². The number of hydrogen-bond donors (Lipinski definition) is 1. The van der Waals surface area contributed by atoms with Crippen molar-refractivity contribution in [1.29, 1.82) is 0 Å². The predicted molar refractivity (Wildman–Crippen MR) is 92.7 cm³/mol. The fraction of sp³-hybridized carbons (Fsp3) is 0.263. The van der Waals surface area contributed by atoms with Crippen molar-refractivity contribution < 1.29 is 27.8 Å². The second kappa shape index (κ2) is 8.42. The summed E-state index contributed by atoms with van der Waals surface area (Å²) in [5.41, 5.74) is 2.39. The van der Waals surface area contributed by atoms with Gasteiger partial charge in [-0.15, -0.1) is 0 Å². The molecule has 2 aromatic rings. The molecular weight excluding hydrogens is 344 g/mol. The first-order chi connectivity index (χ1) is 12.3. The van der Waals surface area contributed by atoms with E-state index >= 15 is 0 Å². The number of aromatic amines is 1. The molecule has 0 saturated heterocycles. The number of alkyl halides is 2. The summed E-state index contributed by atoms with van der Waals surface area (Å²) in [6.07, 6.45) is 2.89. The Hall–Kier alpha value is -2.96. The lowest BCUT2D eigenvalue weighted by Crippen LogP contribution is -2.07. The number of aryl methyl sites for hydroxylation is 1. The average molecular weight is 363 g/mol. The van der Waals surface area contributed by atoms with Gasteiger partial charge in [0.1, 0.15) is 5.75 Å². The van der Waals surface area contributed by atoms with E-state index in [1.54, 1.807) is 39.0 Å². The molecule has 0 fully saturated rings. The number of ketones is 1. The first kappa shape index (κ1) is 19.4. The van der Waals surface area contributed by atoms with E-state index in [0.29, 0.717) is 28.1 Å². The molecule has 0 unspecified atom stereocenters. The topological polar surface area (TPSA) is 68.4 Å². The van der Waals surface area contributed by atoms with E-state index in [1.807, 2.05) is 0 Å². The van der Waals surface area contributed by atoms with E-state index in [1.165, 1.54) is 18.2 Å². The van der Waals surface area contributed by atoms with Crippen LogP contribution >= 0.6 is 0 Å². The number of nitrogens with one attached hydrogen (secondary N) is 1. The van der Waals surface area contributed by atoms with Crippen molar-refractivity contribution >= 4 is 17.8 Å². The van der Waals surface area contributed by atoms with Gasteiger partial charge in [0.15, 0.2) is 0 Å². The molecular formula is C19H19F2NO4. The zero-order chi connectivity index (χ0) is 19.3. The summed E-state index contributed by atoms with van der Waals surface area (Å²) < 4.78 is 33.5. The van der Waals surface area contributed by atoms with Gasteiger partial charge in [-0.3, -0.25) is 4.79 Å².